The molecule has 0 aromatic heterocycles. The standard InChI is InChI=1S/C15H23N3O2/c1-15(2,3)20-14(19)18-13-9-17-8-12(13)10-4-6-11(16)7-5-10/h4-7,12-13,17H,8-9,16H2,1-3H3,(H,18,19)/t12-,13+/m1/s1. The van der Waals surface area contributed by atoms with Gasteiger partial charge in [0.1, 0.15) is 5.60 Å². The summed E-state index contributed by atoms with van der Waals surface area (Å²) < 4.78 is 5.31. The number of rotatable bonds is 2. The third kappa shape index (κ3) is 3.87. The van der Waals surface area contributed by atoms with Crippen LogP contribution in [0.5, 0.6) is 0 Å². The van der Waals surface area contributed by atoms with Gasteiger partial charge in [-0.25, -0.2) is 4.79 Å². The lowest BCUT2D eigenvalue weighted by molar-refractivity contribution is 0.0504. The fourth-order valence-corrected chi connectivity index (χ4v) is 2.38. The maximum Gasteiger partial charge on any atom is 0.407 e. The normalized spacial score (nSPS) is 22.6. The quantitative estimate of drug-likeness (QED) is 0.721. The Balaban J connectivity index is 2.00. The zero-order valence-corrected chi connectivity index (χ0v) is 12.3. The average molecular weight is 277 g/mol. The Morgan fingerprint density at radius 2 is 1.95 bits per heavy atom. The molecule has 1 aliphatic heterocycles. The summed E-state index contributed by atoms with van der Waals surface area (Å²) in [4.78, 5) is 11.9. The molecule has 0 radical (unpaired) electrons. The summed E-state index contributed by atoms with van der Waals surface area (Å²) in [5, 5.41) is 6.25. The van der Waals surface area contributed by atoms with Crippen LogP contribution in [0, 0.1) is 0 Å². The van der Waals surface area contributed by atoms with Gasteiger partial charge in [0.15, 0.2) is 0 Å². The van der Waals surface area contributed by atoms with Crippen LogP contribution in [0.2, 0.25) is 0 Å². The predicted octanol–water partition coefficient (Wildman–Crippen LogP) is 1.85. The molecule has 110 valence electrons. The number of nitrogens with two attached hydrogens (primary N) is 1. The molecule has 4 N–H and O–H groups in total. The summed E-state index contributed by atoms with van der Waals surface area (Å²) in [6.07, 6.45) is -0.369. The molecule has 20 heavy (non-hydrogen) atoms. The van der Waals surface area contributed by atoms with Crippen LogP contribution in [0.1, 0.15) is 32.3 Å². The topological polar surface area (TPSA) is 76.4 Å². The van der Waals surface area contributed by atoms with Gasteiger partial charge in [-0.05, 0) is 38.5 Å². The Morgan fingerprint density at radius 3 is 2.55 bits per heavy atom. The van der Waals surface area contributed by atoms with E-state index < -0.39 is 5.60 Å². The monoisotopic (exact) mass is 277 g/mol. The van der Waals surface area contributed by atoms with Crippen LogP contribution in [-0.2, 0) is 4.74 Å². The smallest absolute Gasteiger partial charge is 0.407 e. The van der Waals surface area contributed by atoms with Crippen molar-refractivity contribution in [3.8, 4) is 0 Å². The largest absolute Gasteiger partial charge is 0.444 e. The molecule has 0 spiro atoms. The highest BCUT2D eigenvalue weighted by Crippen LogP contribution is 2.24. The number of amides is 1. The molecule has 2 rings (SSSR count). The molecule has 1 aromatic carbocycles. The second-order valence-electron chi connectivity index (χ2n) is 6.18. The van der Waals surface area contributed by atoms with Crippen LogP contribution >= 0.6 is 0 Å². The lowest BCUT2D eigenvalue weighted by Gasteiger charge is -2.24. The van der Waals surface area contributed by atoms with Crippen molar-refractivity contribution < 1.29 is 9.53 Å². The van der Waals surface area contributed by atoms with Crippen molar-refractivity contribution in [1.29, 1.82) is 0 Å². The summed E-state index contributed by atoms with van der Waals surface area (Å²) in [6.45, 7) is 7.16. The molecule has 0 aliphatic carbocycles. The molecule has 5 nitrogen and oxygen atoms in total. The van der Waals surface area contributed by atoms with Crippen molar-refractivity contribution in [1.82, 2.24) is 10.6 Å². The lowest BCUT2D eigenvalue weighted by atomic mass is 9.94. The van der Waals surface area contributed by atoms with Gasteiger partial charge < -0.3 is 21.1 Å². The second kappa shape index (κ2) is 5.71. The number of carbonyl (C=O) groups is 1. The molecule has 1 aliphatic rings. The number of alkyl carbamates (subject to hydrolysis) is 1. The van der Waals surface area contributed by atoms with Crippen molar-refractivity contribution >= 4 is 11.8 Å². The van der Waals surface area contributed by atoms with Crippen LogP contribution in [0.4, 0.5) is 10.5 Å². The van der Waals surface area contributed by atoms with Crippen molar-refractivity contribution in [3.63, 3.8) is 0 Å². The fraction of sp³-hybridized carbons (Fsp3) is 0.533. The molecule has 1 aromatic rings. The second-order valence-corrected chi connectivity index (χ2v) is 6.18. The highest BCUT2D eigenvalue weighted by Gasteiger charge is 2.30. The highest BCUT2D eigenvalue weighted by atomic mass is 16.6. The number of nitrogens with one attached hydrogen (secondary N) is 2. The summed E-state index contributed by atoms with van der Waals surface area (Å²) in [5.74, 6) is 0.239. The van der Waals surface area contributed by atoms with E-state index in [-0.39, 0.29) is 18.1 Å². The van der Waals surface area contributed by atoms with Gasteiger partial charge in [0, 0.05) is 24.7 Å². The van der Waals surface area contributed by atoms with E-state index in [2.05, 4.69) is 10.6 Å². The van der Waals surface area contributed by atoms with E-state index in [1.807, 2.05) is 45.0 Å². The number of carbonyl (C=O) groups excluding carboxylic acids is 1. The molecule has 1 fully saturated rings. The van der Waals surface area contributed by atoms with E-state index in [0.29, 0.717) is 0 Å². The first kappa shape index (κ1) is 14.7. The lowest BCUT2D eigenvalue weighted by Crippen LogP contribution is -2.42. The molecule has 0 saturated carbocycles. The van der Waals surface area contributed by atoms with Gasteiger partial charge in [-0.2, -0.15) is 0 Å². The molecule has 1 heterocycles. The molecule has 5 heteroatoms. The Hall–Kier alpha value is -1.75. The zero-order chi connectivity index (χ0) is 14.8. The van der Waals surface area contributed by atoms with E-state index in [1.165, 1.54) is 5.56 Å². The number of hydrogen-bond donors (Lipinski definition) is 3. The highest BCUT2D eigenvalue weighted by molar-refractivity contribution is 5.68. The molecular weight excluding hydrogens is 254 g/mol. The minimum Gasteiger partial charge on any atom is -0.444 e. The Bertz CT molecular complexity index is 465. The number of benzene rings is 1. The van der Waals surface area contributed by atoms with Crippen molar-refractivity contribution in [2.24, 2.45) is 0 Å². The summed E-state index contributed by atoms with van der Waals surface area (Å²) in [5.41, 5.74) is 7.14. The van der Waals surface area contributed by atoms with Crippen LogP contribution < -0.4 is 16.4 Å². The number of nitrogen functional groups attached to an aromatic ring is 1. The van der Waals surface area contributed by atoms with Crippen molar-refractivity contribution in [2.45, 2.75) is 38.3 Å². The van der Waals surface area contributed by atoms with Gasteiger partial charge in [-0.15, -0.1) is 0 Å². The SMILES string of the molecule is CC(C)(C)OC(=O)N[C@H]1CNC[C@@H]1c1ccc(N)cc1. The summed E-state index contributed by atoms with van der Waals surface area (Å²) in [6, 6.07) is 7.83. The van der Waals surface area contributed by atoms with E-state index in [0.717, 1.165) is 18.8 Å². The Kier molecular flexibility index (Phi) is 4.18. The van der Waals surface area contributed by atoms with Crippen molar-refractivity contribution in [3.05, 3.63) is 29.8 Å². The van der Waals surface area contributed by atoms with Gasteiger partial charge in [0.05, 0.1) is 6.04 Å². The molecule has 1 saturated heterocycles. The van der Waals surface area contributed by atoms with E-state index in [4.69, 9.17) is 10.5 Å². The first-order chi connectivity index (χ1) is 9.35. The van der Waals surface area contributed by atoms with Crippen LogP contribution in [0.3, 0.4) is 0 Å². The molecule has 2 atom stereocenters. The third-order valence-electron chi connectivity index (χ3n) is 3.28. The van der Waals surface area contributed by atoms with Crippen LogP contribution in [0.25, 0.3) is 0 Å². The van der Waals surface area contributed by atoms with E-state index in [1.54, 1.807) is 0 Å². The van der Waals surface area contributed by atoms with Gasteiger partial charge in [0.25, 0.3) is 0 Å². The number of anilines is 1. The molecule has 0 unspecified atom stereocenters. The minimum atomic E-state index is -0.479. The first-order valence-electron chi connectivity index (χ1n) is 6.91. The van der Waals surface area contributed by atoms with E-state index in [9.17, 15) is 4.79 Å². The predicted molar refractivity (Wildman–Crippen MR) is 79.6 cm³/mol. The van der Waals surface area contributed by atoms with Gasteiger partial charge in [-0.1, -0.05) is 12.1 Å². The third-order valence-corrected chi connectivity index (χ3v) is 3.28. The number of hydrogen-bond acceptors (Lipinski definition) is 4. The Morgan fingerprint density at radius 1 is 1.30 bits per heavy atom. The molecular formula is C15H23N3O2. The van der Waals surface area contributed by atoms with Crippen molar-refractivity contribution in [2.75, 3.05) is 18.8 Å². The molecule has 1 amide bonds. The van der Waals surface area contributed by atoms with Gasteiger partial charge >= 0.3 is 6.09 Å². The Labute approximate surface area is 119 Å². The fourth-order valence-electron chi connectivity index (χ4n) is 2.38. The van der Waals surface area contributed by atoms with Crippen LogP contribution in [0.15, 0.2) is 24.3 Å². The zero-order valence-electron chi connectivity index (χ0n) is 12.3. The van der Waals surface area contributed by atoms with Crippen LogP contribution in [-0.4, -0.2) is 30.8 Å². The van der Waals surface area contributed by atoms with E-state index >= 15 is 0 Å². The maximum atomic E-state index is 11.9. The van der Waals surface area contributed by atoms with Gasteiger partial charge in [0.2, 0.25) is 0 Å². The first-order valence-corrected chi connectivity index (χ1v) is 6.91. The summed E-state index contributed by atoms with van der Waals surface area (Å²) in [7, 11) is 0. The molecule has 0 bridgehead atoms. The maximum absolute atomic E-state index is 11.9. The summed E-state index contributed by atoms with van der Waals surface area (Å²) >= 11 is 0. The number of ether oxygens (including phenoxy) is 1. The minimum absolute atomic E-state index is 0.0356. The average Bonchev–Trinajstić information content (AvgIpc) is 2.75. The van der Waals surface area contributed by atoms with Gasteiger partial charge in [-0.3, -0.25) is 0 Å².